The summed E-state index contributed by atoms with van der Waals surface area (Å²) in [5, 5.41) is 87.6. The molecule has 0 bridgehead atoms. The van der Waals surface area contributed by atoms with Crippen molar-refractivity contribution in [3.63, 3.8) is 0 Å². The molecule has 14 heteroatoms. The van der Waals surface area contributed by atoms with Gasteiger partial charge in [0.05, 0.1) is 32.0 Å². The molecule has 0 aliphatic carbocycles. The lowest BCUT2D eigenvalue weighted by Crippen LogP contribution is -2.65. The number of amides is 1. The Kier molecular flexibility index (Phi) is 53.0. The second kappa shape index (κ2) is 56.9. The molecular formula is C72H133NO13. The summed E-state index contributed by atoms with van der Waals surface area (Å²) in [4.78, 5) is 13.3. The molecule has 2 saturated heterocycles. The van der Waals surface area contributed by atoms with E-state index in [-0.39, 0.29) is 12.5 Å². The zero-order valence-corrected chi connectivity index (χ0v) is 54.8. The lowest BCUT2D eigenvalue weighted by Gasteiger charge is -2.46. The van der Waals surface area contributed by atoms with E-state index in [2.05, 4.69) is 67.8 Å². The van der Waals surface area contributed by atoms with E-state index in [4.69, 9.17) is 18.9 Å². The molecule has 2 fully saturated rings. The van der Waals surface area contributed by atoms with Crippen LogP contribution in [0.1, 0.15) is 309 Å². The first kappa shape index (κ1) is 80.0. The van der Waals surface area contributed by atoms with Crippen molar-refractivity contribution in [1.82, 2.24) is 5.32 Å². The van der Waals surface area contributed by atoms with Crippen LogP contribution in [0.15, 0.2) is 48.6 Å². The third kappa shape index (κ3) is 40.6. The highest BCUT2D eigenvalue weighted by Gasteiger charge is 2.51. The Morgan fingerprint density at radius 2 is 0.802 bits per heavy atom. The first-order valence-electron chi connectivity index (χ1n) is 35.9. The van der Waals surface area contributed by atoms with Crippen LogP contribution in [-0.4, -0.2) is 140 Å². The molecule has 12 unspecified atom stereocenters. The Morgan fingerprint density at radius 3 is 1.23 bits per heavy atom. The number of unbranched alkanes of at least 4 members (excludes halogenated alkanes) is 38. The van der Waals surface area contributed by atoms with E-state index in [1.807, 2.05) is 0 Å². The highest BCUT2D eigenvalue weighted by molar-refractivity contribution is 5.76. The molecule has 1 amide bonds. The van der Waals surface area contributed by atoms with Crippen molar-refractivity contribution in [2.45, 2.75) is 383 Å². The zero-order valence-electron chi connectivity index (χ0n) is 54.8. The van der Waals surface area contributed by atoms with Crippen molar-refractivity contribution >= 4 is 5.91 Å². The third-order valence-electron chi connectivity index (χ3n) is 17.6. The molecule has 504 valence electrons. The smallest absolute Gasteiger partial charge is 0.220 e. The summed E-state index contributed by atoms with van der Waals surface area (Å²) in [7, 11) is 0. The van der Waals surface area contributed by atoms with Crippen LogP contribution in [0.2, 0.25) is 0 Å². The molecule has 86 heavy (non-hydrogen) atoms. The molecule has 2 heterocycles. The van der Waals surface area contributed by atoms with Crippen LogP contribution >= 0.6 is 0 Å². The highest BCUT2D eigenvalue weighted by Crippen LogP contribution is 2.30. The lowest BCUT2D eigenvalue weighted by atomic mass is 9.97. The van der Waals surface area contributed by atoms with E-state index in [1.54, 1.807) is 0 Å². The van der Waals surface area contributed by atoms with Gasteiger partial charge in [0, 0.05) is 6.42 Å². The summed E-state index contributed by atoms with van der Waals surface area (Å²) >= 11 is 0. The molecule has 0 radical (unpaired) electrons. The minimum Gasteiger partial charge on any atom is -0.394 e. The monoisotopic (exact) mass is 1220 g/mol. The van der Waals surface area contributed by atoms with E-state index in [1.165, 1.54) is 199 Å². The summed E-state index contributed by atoms with van der Waals surface area (Å²) < 4.78 is 22.9. The minimum atomic E-state index is -1.79. The van der Waals surface area contributed by atoms with Crippen molar-refractivity contribution in [3.05, 3.63) is 48.6 Å². The van der Waals surface area contributed by atoms with Gasteiger partial charge in [-0.25, -0.2) is 0 Å². The van der Waals surface area contributed by atoms with Crippen LogP contribution in [0.4, 0.5) is 0 Å². The van der Waals surface area contributed by atoms with Crippen molar-refractivity contribution < 1.29 is 64.6 Å². The van der Waals surface area contributed by atoms with E-state index in [9.17, 15) is 45.6 Å². The second-order valence-electron chi connectivity index (χ2n) is 25.3. The van der Waals surface area contributed by atoms with Crippen molar-refractivity contribution in [2.24, 2.45) is 0 Å². The third-order valence-corrected chi connectivity index (χ3v) is 17.6. The van der Waals surface area contributed by atoms with Gasteiger partial charge in [-0.2, -0.15) is 0 Å². The van der Waals surface area contributed by atoms with Crippen molar-refractivity contribution in [1.29, 1.82) is 0 Å². The maximum atomic E-state index is 13.3. The quantitative estimate of drug-likeness (QED) is 0.0204. The molecule has 0 aromatic rings. The van der Waals surface area contributed by atoms with Crippen LogP contribution in [-0.2, 0) is 23.7 Å². The number of rotatable bonds is 59. The van der Waals surface area contributed by atoms with Gasteiger partial charge in [0.25, 0.3) is 0 Å². The molecule has 2 aliphatic rings. The normalized spacial score (nSPS) is 23.7. The molecule has 12 atom stereocenters. The Bertz CT molecular complexity index is 1630. The number of nitrogens with one attached hydrogen (secondary N) is 1. The van der Waals surface area contributed by atoms with Gasteiger partial charge in [-0.3, -0.25) is 4.79 Å². The fourth-order valence-corrected chi connectivity index (χ4v) is 11.9. The Morgan fingerprint density at radius 1 is 0.430 bits per heavy atom. The molecule has 0 aromatic carbocycles. The highest BCUT2D eigenvalue weighted by atomic mass is 16.7. The van der Waals surface area contributed by atoms with Gasteiger partial charge >= 0.3 is 0 Å². The number of allylic oxidation sites excluding steroid dienone is 8. The first-order valence-corrected chi connectivity index (χ1v) is 35.9. The average Bonchev–Trinajstić information content (AvgIpc) is 2.54. The van der Waals surface area contributed by atoms with Gasteiger partial charge in [0.1, 0.15) is 48.8 Å². The Hall–Kier alpha value is -2.05. The lowest BCUT2D eigenvalue weighted by molar-refractivity contribution is -0.359. The van der Waals surface area contributed by atoms with Gasteiger partial charge in [-0.15, -0.1) is 0 Å². The number of hydrogen-bond donors (Lipinski definition) is 9. The zero-order chi connectivity index (χ0) is 62.3. The van der Waals surface area contributed by atoms with E-state index in [0.29, 0.717) is 19.3 Å². The number of aliphatic hydroxyl groups excluding tert-OH is 8. The summed E-state index contributed by atoms with van der Waals surface area (Å²) in [5.41, 5.74) is 0. The topological polar surface area (TPSA) is 228 Å². The maximum absolute atomic E-state index is 13.3. The number of aliphatic hydroxyl groups is 8. The van der Waals surface area contributed by atoms with Crippen LogP contribution in [0, 0.1) is 0 Å². The predicted octanol–water partition coefficient (Wildman–Crippen LogP) is 14.7. The predicted molar refractivity (Wildman–Crippen MR) is 351 cm³/mol. The van der Waals surface area contributed by atoms with Crippen LogP contribution in [0.25, 0.3) is 0 Å². The number of ether oxygens (including phenoxy) is 4. The summed E-state index contributed by atoms with van der Waals surface area (Å²) in [6.45, 7) is 2.78. The molecule has 0 saturated carbocycles. The molecule has 9 N–H and O–H groups in total. The maximum Gasteiger partial charge on any atom is 0.220 e. The Labute approximate surface area is 524 Å². The van der Waals surface area contributed by atoms with Crippen molar-refractivity contribution in [3.8, 4) is 0 Å². The molecule has 0 spiro atoms. The summed E-state index contributed by atoms with van der Waals surface area (Å²) in [6.07, 6.45) is 57.0. The van der Waals surface area contributed by atoms with Gasteiger partial charge in [-0.05, 0) is 51.4 Å². The van der Waals surface area contributed by atoms with Gasteiger partial charge < -0.3 is 65.1 Å². The molecule has 2 aliphatic heterocycles. The average molecular weight is 1220 g/mol. The SMILES string of the molecule is CC/C=C\C/C=C\C/C=C\C/C=C\CCCCCCCCCCC(=O)NC(COC1OC(CO)C(OC2OC(CO)C(O)C(O)C2O)C(O)C1O)C(O)CCCCCCCCCCCCCCCCCCCCCCCCCCCCCCCCC. The van der Waals surface area contributed by atoms with Crippen LogP contribution in [0.3, 0.4) is 0 Å². The van der Waals surface area contributed by atoms with Crippen LogP contribution in [0.5, 0.6) is 0 Å². The fourth-order valence-electron chi connectivity index (χ4n) is 11.9. The van der Waals surface area contributed by atoms with Crippen LogP contribution < -0.4 is 5.32 Å². The fraction of sp³-hybridized carbons (Fsp3) is 0.875. The first-order chi connectivity index (χ1) is 42.1. The van der Waals surface area contributed by atoms with Crippen molar-refractivity contribution in [2.75, 3.05) is 19.8 Å². The number of carbonyl (C=O) groups is 1. The van der Waals surface area contributed by atoms with Gasteiger partial charge in [0.2, 0.25) is 5.91 Å². The standard InChI is InChI=1S/C72H133NO13/c1-3-5-7-9-11-13-15-17-19-21-23-25-26-27-28-29-30-31-32-33-34-36-37-39-41-43-45-47-49-51-53-55-61(76)60(59-83-71-69(82)67(80)70(63(58-75)85-71)86-72-68(81)66(79)65(78)62(57-74)84-72)73-64(77)56-54-52-50-48-46-44-42-40-38-35-24-22-20-18-16-14-12-10-8-6-4-2/h6,8,12,14,18,20,24,35,60-63,65-72,74-76,78-82H,3-5,7,9-11,13,15-17,19,21-23,25-34,36-59H2,1-2H3,(H,73,77)/b8-6-,14-12-,20-18-,35-24-. The molecule has 14 nitrogen and oxygen atoms in total. The van der Waals surface area contributed by atoms with E-state index >= 15 is 0 Å². The minimum absolute atomic E-state index is 0.212. The Balaban J connectivity index is 1.65. The van der Waals surface area contributed by atoms with Gasteiger partial charge in [-0.1, -0.05) is 300 Å². The second-order valence-corrected chi connectivity index (χ2v) is 25.3. The number of carbonyl (C=O) groups excluding carboxylic acids is 1. The summed E-state index contributed by atoms with van der Waals surface area (Å²) in [5.74, 6) is -0.212. The molecule has 0 aromatic heterocycles. The van der Waals surface area contributed by atoms with E-state index < -0.39 is 86.8 Å². The largest absolute Gasteiger partial charge is 0.394 e. The molecular weight excluding hydrogens is 1090 g/mol. The molecule has 2 rings (SSSR count). The van der Waals surface area contributed by atoms with Gasteiger partial charge in [0.15, 0.2) is 12.6 Å². The number of hydrogen-bond acceptors (Lipinski definition) is 13. The van der Waals surface area contributed by atoms with E-state index in [0.717, 1.165) is 77.0 Å². The summed E-state index contributed by atoms with van der Waals surface area (Å²) in [6, 6.07) is -0.837.